The molecule has 0 saturated heterocycles. The SMILES string of the molecule is COc1ccc(C2CC(c3cc(OC)c(OC)c(OC)c3)=NN2C(C)=O)cc1OCCCCCCOc1ccc(-c2nc3ccccc3s2)cc1. The van der Waals surface area contributed by atoms with Crippen LogP contribution in [0.4, 0.5) is 0 Å². The molecule has 0 N–H and O–H groups in total. The number of nitrogens with zero attached hydrogens (tertiary/aromatic N) is 3. The van der Waals surface area contributed by atoms with E-state index in [9.17, 15) is 4.79 Å². The molecule has 11 heteroatoms. The number of rotatable bonds is 16. The number of hydrogen-bond acceptors (Lipinski definition) is 10. The lowest BCUT2D eigenvalue weighted by Crippen LogP contribution is -2.24. The van der Waals surface area contributed by atoms with E-state index in [1.54, 1.807) is 39.8 Å². The van der Waals surface area contributed by atoms with Crippen LogP contribution in [0.2, 0.25) is 0 Å². The van der Waals surface area contributed by atoms with Crippen molar-refractivity contribution in [1.29, 1.82) is 0 Å². The van der Waals surface area contributed by atoms with Crippen LogP contribution in [-0.4, -0.2) is 63.3 Å². The summed E-state index contributed by atoms with van der Waals surface area (Å²) >= 11 is 1.70. The molecule has 1 aliphatic rings. The fourth-order valence-corrected chi connectivity index (χ4v) is 7.09. The average molecular weight is 710 g/mol. The van der Waals surface area contributed by atoms with Crippen LogP contribution in [0.3, 0.4) is 0 Å². The number of carbonyl (C=O) groups is 1. The normalized spacial score (nSPS) is 13.9. The van der Waals surface area contributed by atoms with Crippen LogP contribution in [0.1, 0.15) is 56.2 Å². The predicted octanol–water partition coefficient (Wildman–Crippen LogP) is 8.71. The first-order valence-corrected chi connectivity index (χ1v) is 17.8. The summed E-state index contributed by atoms with van der Waals surface area (Å²) in [4.78, 5) is 17.5. The lowest BCUT2D eigenvalue weighted by Gasteiger charge is -2.22. The fraction of sp³-hybridized carbons (Fsp3) is 0.325. The molecule has 0 radical (unpaired) electrons. The molecule has 266 valence electrons. The quantitative estimate of drug-likeness (QED) is 0.0939. The average Bonchev–Trinajstić information content (AvgIpc) is 3.81. The van der Waals surface area contributed by atoms with Gasteiger partial charge in [-0.15, -0.1) is 11.3 Å². The number of fused-ring (bicyclic) bond motifs is 1. The van der Waals surface area contributed by atoms with Gasteiger partial charge >= 0.3 is 0 Å². The number of hydrazone groups is 1. The maximum absolute atomic E-state index is 12.7. The maximum Gasteiger partial charge on any atom is 0.240 e. The first-order valence-electron chi connectivity index (χ1n) is 17.0. The molecule has 0 bridgehead atoms. The van der Waals surface area contributed by atoms with Gasteiger partial charge in [0.25, 0.3) is 0 Å². The second kappa shape index (κ2) is 16.6. The third kappa shape index (κ3) is 8.20. The van der Waals surface area contributed by atoms with E-state index in [-0.39, 0.29) is 11.9 Å². The van der Waals surface area contributed by atoms with Crippen LogP contribution in [-0.2, 0) is 4.79 Å². The van der Waals surface area contributed by atoms with Crippen LogP contribution >= 0.6 is 11.3 Å². The zero-order valence-electron chi connectivity index (χ0n) is 29.6. The number of methoxy groups -OCH3 is 4. The first-order chi connectivity index (χ1) is 24.9. The Labute approximate surface area is 302 Å². The van der Waals surface area contributed by atoms with E-state index >= 15 is 0 Å². The summed E-state index contributed by atoms with van der Waals surface area (Å²) < 4.78 is 35.6. The summed E-state index contributed by atoms with van der Waals surface area (Å²) in [6.45, 7) is 2.72. The molecule has 10 nitrogen and oxygen atoms in total. The van der Waals surface area contributed by atoms with Crippen molar-refractivity contribution in [3.63, 3.8) is 0 Å². The van der Waals surface area contributed by atoms with Crippen LogP contribution < -0.4 is 28.4 Å². The van der Waals surface area contributed by atoms with Crippen molar-refractivity contribution in [3.8, 4) is 45.1 Å². The van der Waals surface area contributed by atoms with E-state index in [0.29, 0.717) is 48.4 Å². The minimum atomic E-state index is -0.312. The van der Waals surface area contributed by atoms with Gasteiger partial charge in [0.05, 0.1) is 63.6 Å². The van der Waals surface area contributed by atoms with Crippen molar-refractivity contribution in [1.82, 2.24) is 9.99 Å². The Kier molecular flexibility index (Phi) is 11.6. The lowest BCUT2D eigenvalue weighted by atomic mass is 9.97. The number of hydrogen-bond donors (Lipinski definition) is 0. The standard InChI is InChI=1S/C40H43N3O7S/c1-26(44)43-33(25-32(42-43)29-23-36(46-3)39(48-5)37(24-29)47-4)28-16-19-34(45-2)35(22-28)50-21-11-7-6-10-20-49-30-17-14-27(15-18-30)40-41-31-12-8-9-13-38(31)51-40/h8-9,12-19,22-24,33H,6-7,10-11,20-21,25H2,1-5H3. The molecule has 0 saturated carbocycles. The van der Waals surface area contributed by atoms with Gasteiger partial charge in [-0.25, -0.2) is 9.99 Å². The van der Waals surface area contributed by atoms with Gasteiger partial charge in [-0.05, 0) is 91.9 Å². The minimum absolute atomic E-state index is 0.161. The van der Waals surface area contributed by atoms with Gasteiger partial charge in [0.1, 0.15) is 10.8 Å². The third-order valence-electron chi connectivity index (χ3n) is 8.76. The monoisotopic (exact) mass is 709 g/mol. The summed E-state index contributed by atoms with van der Waals surface area (Å²) in [6.07, 6.45) is 4.38. The molecule has 51 heavy (non-hydrogen) atoms. The number of ether oxygens (including phenoxy) is 6. The van der Waals surface area contributed by atoms with Crippen molar-refractivity contribution in [2.75, 3.05) is 41.7 Å². The van der Waals surface area contributed by atoms with Gasteiger partial charge in [-0.3, -0.25) is 4.79 Å². The molecular weight excluding hydrogens is 667 g/mol. The maximum atomic E-state index is 12.7. The second-order valence-electron chi connectivity index (χ2n) is 12.1. The number of para-hydroxylation sites is 1. The largest absolute Gasteiger partial charge is 0.494 e. The van der Waals surface area contributed by atoms with E-state index in [1.165, 1.54) is 16.6 Å². The second-order valence-corrected chi connectivity index (χ2v) is 13.1. The van der Waals surface area contributed by atoms with Crippen molar-refractivity contribution >= 4 is 33.2 Å². The molecule has 6 rings (SSSR count). The smallest absolute Gasteiger partial charge is 0.240 e. The molecular formula is C40H43N3O7S. The number of unbranched alkanes of at least 4 members (excludes halogenated alkanes) is 3. The highest BCUT2D eigenvalue weighted by atomic mass is 32.1. The van der Waals surface area contributed by atoms with Gasteiger partial charge in [0.15, 0.2) is 23.0 Å². The molecule has 1 aromatic heterocycles. The van der Waals surface area contributed by atoms with Crippen molar-refractivity contribution in [2.45, 2.75) is 45.1 Å². The van der Waals surface area contributed by atoms with Crippen LogP contribution in [0.5, 0.6) is 34.5 Å². The predicted molar refractivity (Wildman–Crippen MR) is 200 cm³/mol. The highest BCUT2D eigenvalue weighted by molar-refractivity contribution is 7.21. The van der Waals surface area contributed by atoms with Gasteiger partial charge in [0, 0.05) is 24.5 Å². The Bertz CT molecular complexity index is 1930. The summed E-state index contributed by atoms with van der Waals surface area (Å²) in [5.74, 6) is 3.51. The zero-order valence-corrected chi connectivity index (χ0v) is 30.5. The highest BCUT2D eigenvalue weighted by Crippen LogP contribution is 2.42. The number of thiazole rings is 1. The van der Waals surface area contributed by atoms with Crippen molar-refractivity contribution in [3.05, 3.63) is 90.0 Å². The number of amides is 1. The van der Waals surface area contributed by atoms with Crippen LogP contribution in [0.25, 0.3) is 20.8 Å². The minimum Gasteiger partial charge on any atom is -0.494 e. The van der Waals surface area contributed by atoms with E-state index in [2.05, 4.69) is 18.2 Å². The number of aromatic nitrogens is 1. The number of benzene rings is 4. The van der Waals surface area contributed by atoms with Gasteiger partial charge in [-0.1, -0.05) is 18.2 Å². The molecule has 0 spiro atoms. The topological polar surface area (TPSA) is 101 Å². The molecule has 1 amide bonds. The van der Waals surface area contributed by atoms with Crippen molar-refractivity contribution < 1.29 is 33.2 Å². The molecule has 1 aliphatic heterocycles. The molecule has 1 atom stereocenters. The Morgan fingerprint density at radius 3 is 2.08 bits per heavy atom. The van der Waals surface area contributed by atoms with E-state index in [1.807, 2.05) is 60.7 Å². The number of carbonyl (C=O) groups excluding carboxylic acids is 1. The Balaban J connectivity index is 0.990. The van der Waals surface area contributed by atoms with Gasteiger partial charge in [-0.2, -0.15) is 5.10 Å². The first kappa shape index (κ1) is 35.5. The highest BCUT2D eigenvalue weighted by Gasteiger charge is 2.33. The van der Waals surface area contributed by atoms with Crippen molar-refractivity contribution in [2.24, 2.45) is 5.10 Å². The molecule has 5 aromatic rings. The molecule has 2 heterocycles. The van der Waals surface area contributed by atoms with Crippen LogP contribution in [0, 0.1) is 0 Å². The lowest BCUT2D eigenvalue weighted by molar-refractivity contribution is -0.130. The molecule has 4 aromatic carbocycles. The van der Waals surface area contributed by atoms with E-state index < -0.39 is 0 Å². The summed E-state index contributed by atoms with van der Waals surface area (Å²) in [7, 11) is 6.33. The fourth-order valence-electron chi connectivity index (χ4n) is 6.11. The molecule has 0 aliphatic carbocycles. The Morgan fingerprint density at radius 1 is 0.745 bits per heavy atom. The third-order valence-corrected chi connectivity index (χ3v) is 9.85. The summed E-state index contributed by atoms with van der Waals surface area (Å²) in [5, 5.41) is 7.24. The molecule has 0 fully saturated rings. The van der Waals surface area contributed by atoms with Gasteiger partial charge < -0.3 is 28.4 Å². The van der Waals surface area contributed by atoms with E-state index in [0.717, 1.165) is 64.4 Å². The summed E-state index contributed by atoms with van der Waals surface area (Å²) in [5.41, 5.74) is 4.54. The molecule has 1 unspecified atom stereocenters. The Morgan fingerprint density at radius 2 is 1.43 bits per heavy atom. The Hall–Kier alpha value is -5.29. The van der Waals surface area contributed by atoms with E-state index in [4.69, 9.17) is 38.5 Å². The van der Waals surface area contributed by atoms with Crippen LogP contribution in [0.15, 0.2) is 84.0 Å². The van der Waals surface area contributed by atoms with Gasteiger partial charge in [0.2, 0.25) is 11.7 Å². The summed E-state index contributed by atoms with van der Waals surface area (Å²) in [6, 6.07) is 25.5. The zero-order chi connectivity index (χ0) is 35.7.